The van der Waals surface area contributed by atoms with Crippen LogP contribution < -0.4 is 15.4 Å². The average Bonchev–Trinajstić information content (AvgIpc) is 3.17. The van der Waals surface area contributed by atoms with Crippen LogP contribution in [0.15, 0.2) is 48.5 Å². The molecule has 1 heterocycles. The van der Waals surface area contributed by atoms with E-state index in [1.54, 1.807) is 38.3 Å². The second-order valence-corrected chi connectivity index (χ2v) is 7.25. The Morgan fingerprint density at radius 1 is 1.07 bits per heavy atom. The fourth-order valence-electron chi connectivity index (χ4n) is 2.28. The molecule has 1 aromatic heterocycles. The Balaban J connectivity index is 1.60. The Morgan fingerprint density at radius 3 is 2.39 bits per heavy atom. The number of hydrogen-bond donors (Lipinski definition) is 2. The van der Waals surface area contributed by atoms with Crippen LogP contribution >= 0.6 is 22.9 Å². The van der Waals surface area contributed by atoms with Crippen molar-refractivity contribution in [2.24, 2.45) is 0 Å². The molecule has 0 fully saturated rings. The van der Waals surface area contributed by atoms with Gasteiger partial charge in [0.1, 0.15) is 16.8 Å². The van der Waals surface area contributed by atoms with Gasteiger partial charge in [0.25, 0.3) is 5.91 Å². The summed E-state index contributed by atoms with van der Waals surface area (Å²) < 4.78 is 5.13. The maximum Gasteiger partial charge on any atom is 0.251 e. The van der Waals surface area contributed by atoms with Crippen molar-refractivity contribution >= 4 is 39.9 Å². The Bertz CT molecular complexity index is 974. The molecule has 0 radical (unpaired) electrons. The summed E-state index contributed by atoms with van der Waals surface area (Å²) in [6.45, 7) is 1.59. The molecule has 0 bridgehead atoms. The van der Waals surface area contributed by atoms with E-state index < -0.39 is 6.04 Å². The highest BCUT2D eigenvalue weighted by Crippen LogP contribution is 2.27. The number of carbonyl (C=O) groups excluding carboxylic acids is 2. The second-order valence-electron chi connectivity index (χ2n) is 5.83. The van der Waals surface area contributed by atoms with E-state index in [0.29, 0.717) is 20.7 Å². The minimum absolute atomic E-state index is 0.350. The van der Waals surface area contributed by atoms with Crippen molar-refractivity contribution in [1.82, 2.24) is 15.5 Å². The van der Waals surface area contributed by atoms with E-state index in [9.17, 15) is 9.59 Å². The monoisotopic (exact) mass is 416 g/mol. The highest BCUT2D eigenvalue weighted by Gasteiger charge is 2.18. The van der Waals surface area contributed by atoms with Crippen molar-refractivity contribution in [1.29, 1.82) is 0 Å². The van der Waals surface area contributed by atoms with Crippen LogP contribution in [0.2, 0.25) is 5.02 Å². The first-order valence-electron chi connectivity index (χ1n) is 8.31. The largest absolute Gasteiger partial charge is 0.497 e. The maximum absolute atomic E-state index is 12.3. The lowest BCUT2D eigenvalue weighted by Gasteiger charge is -2.12. The molecule has 0 saturated heterocycles. The number of rotatable bonds is 6. The quantitative estimate of drug-likeness (QED) is 0.640. The van der Waals surface area contributed by atoms with Crippen LogP contribution in [-0.4, -0.2) is 35.2 Å². The molecule has 0 aliphatic carbocycles. The van der Waals surface area contributed by atoms with Crippen LogP contribution in [0.5, 0.6) is 5.75 Å². The molecule has 0 aliphatic rings. The van der Waals surface area contributed by atoms with Gasteiger partial charge in [-0.25, -0.2) is 0 Å². The number of anilines is 1. The van der Waals surface area contributed by atoms with Gasteiger partial charge in [-0.15, -0.1) is 10.2 Å². The zero-order chi connectivity index (χ0) is 20.1. The zero-order valence-electron chi connectivity index (χ0n) is 15.1. The third kappa shape index (κ3) is 4.85. The summed E-state index contributed by atoms with van der Waals surface area (Å²) in [5, 5.41) is 14.9. The molecule has 0 saturated carbocycles. The van der Waals surface area contributed by atoms with Crippen LogP contribution in [0.4, 0.5) is 5.13 Å². The molecule has 2 aromatic carbocycles. The fourth-order valence-corrected chi connectivity index (χ4v) is 3.16. The van der Waals surface area contributed by atoms with E-state index in [-0.39, 0.29) is 11.8 Å². The fraction of sp³-hybridized carbons (Fsp3) is 0.158. The van der Waals surface area contributed by atoms with E-state index in [2.05, 4.69) is 20.8 Å². The number of aromatic nitrogens is 2. The molecule has 3 rings (SSSR count). The van der Waals surface area contributed by atoms with Crippen molar-refractivity contribution in [3.05, 3.63) is 59.1 Å². The second kappa shape index (κ2) is 8.81. The van der Waals surface area contributed by atoms with Crippen LogP contribution in [0.3, 0.4) is 0 Å². The number of carbonyl (C=O) groups is 2. The van der Waals surface area contributed by atoms with Crippen LogP contribution in [0, 0.1) is 0 Å². The summed E-state index contributed by atoms with van der Waals surface area (Å²) >= 11 is 7.05. The topological polar surface area (TPSA) is 93.2 Å². The Hall–Kier alpha value is -2.97. The molecule has 28 heavy (non-hydrogen) atoms. The summed E-state index contributed by atoms with van der Waals surface area (Å²) in [5.74, 6) is -0.0118. The number of nitrogens with zero attached hydrogens (tertiary/aromatic N) is 2. The highest BCUT2D eigenvalue weighted by atomic mass is 35.5. The molecule has 7 nitrogen and oxygen atoms in total. The van der Waals surface area contributed by atoms with Crippen molar-refractivity contribution in [2.75, 3.05) is 12.4 Å². The molecule has 0 unspecified atom stereocenters. The minimum Gasteiger partial charge on any atom is -0.497 e. The number of benzene rings is 2. The van der Waals surface area contributed by atoms with E-state index in [4.69, 9.17) is 16.3 Å². The SMILES string of the molecule is COc1ccc(-c2nnc(NC(=O)[C@H](C)NC(=O)c3ccc(Cl)cc3)s2)cc1. The predicted molar refractivity (Wildman–Crippen MR) is 109 cm³/mol. The normalized spacial score (nSPS) is 11.5. The first-order valence-corrected chi connectivity index (χ1v) is 9.51. The number of hydrogen-bond acceptors (Lipinski definition) is 6. The third-order valence-electron chi connectivity index (χ3n) is 3.84. The lowest BCUT2D eigenvalue weighted by Crippen LogP contribution is -2.41. The number of amides is 2. The standard InChI is InChI=1S/C19H17ClN4O3S/c1-11(21-17(26)12-3-7-14(20)8-4-12)16(25)22-19-24-23-18(28-19)13-5-9-15(27-2)10-6-13/h3-11H,1-2H3,(H,21,26)(H,22,24,25)/t11-/m0/s1. The summed E-state index contributed by atoms with van der Waals surface area (Å²) in [5.41, 5.74) is 1.28. The third-order valence-corrected chi connectivity index (χ3v) is 4.98. The lowest BCUT2D eigenvalue weighted by atomic mass is 10.2. The predicted octanol–water partition coefficient (Wildman–Crippen LogP) is 3.62. The molecule has 2 N–H and O–H groups in total. The molecule has 0 aliphatic heterocycles. The Morgan fingerprint density at radius 2 is 1.75 bits per heavy atom. The summed E-state index contributed by atoms with van der Waals surface area (Å²) in [7, 11) is 1.60. The van der Waals surface area contributed by atoms with Gasteiger partial charge < -0.3 is 10.1 Å². The van der Waals surface area contributed by atoms with Crippen molar-refractivity contribution in [3.63, 3.8) is 0 Å². The number of nitrogens with one attached hydrogen (secondary N) is 2. The van der Waals surface area contributed by atoms with Gasteiger partial charge in [0.05, 0.1) is 7.11 Å². The van der Waals surface area contributed by atoms with Gasteiger partial charge in [-0.3, -0.25) is 14.9 Å². The lowest BCUT2D eigenvalue weighted by molar-refractivity contribution is -0.117. The van der Waals surface area contributed by atoms with E-state index in [0.717, 1.165) is 11.3 Å². The summed E-state index contributed by atoms with van der Waals surface area (Å²) in [6.07, 6.45) is 0. The first-order chi connectivity index (χ1) is 13.5. The van der Waals surface area contributed by atoms with Gasteiger partial charge in [0.2, 0.25) is 11.0 Å². The number of methoxy groups -OCH3 is 1. The highest BCUT2D eigenvalue weighted by molar-refractivity contribution is 7.18. The van der Waals surface area contributed by atoms with E-state index in [1.165, 1.54) is 11.3 Å². The number of ether oxygens (including phenoxy) is 1. The van der Waals surface area contributed by atoms with Crippen molar-refractivity contribution < 1.29 is 14.3 Å². The van der Waals surface area contributed by atoms with Gasteiger partial charge in [-0.05, 0) is 55.5 Å². The number of halogens is 1. The van der Waals surface area contributed by atoms with Gasteiger partial charge >= 0.3 is 0 Å². The molecule has 0 spiro atoms. The van der Waals surface area contributed by atoms with Gasteiger partial charge in [-0.1, -0.05) is 22.9 Å². The summed E-state index contributed by atoms with van der Waals surface area (Å²) in [6, 6.07) is 13.0. The van der Waals surface area contributed by atoms with Crippen LogP contribution in [-0.2, 0) is 4.79 Å². The minimum atomic E-state index is -0.753. The zero-order valence-corrected chi connectivity index (χ0v) is 16.7. The molecule has 1 atom stereocenters. The summed E-state index contributed by atoms with van der Waals surface area (Å²) in [4.78, 5) is 24.5. The van der Waals surface area contributed by atoms with E-state index in [1.807, 2.05) is 24.3 Å². The Kier molecular flexibility index (Phi) is 6.23. The molecule has 9 heteroatoms. The average molecular weight is 417 g/mol. The van der Waals surface area contributed by atoms with Crippen molar-refractivity contribution in [3.8, 4) is 16.3 Å². The smallest absolute Gasteiger partial charge is 0.251 e. The van der Waals surface area contributed by atoms with Gasteiger partial charge in [-0.2, -0.15) is 0 Å². The molecular formula is C19H17ClN4O3S. The van der Waals surface area contributed by atoms with Crippen LogP contribution in [0.1, 0.15) is 17.3 Å². The maximum atomic E-state index is 12.3. The molecule has 3 aromatic rings. The van der Waals surface area contributed by atoms with Gasteiger partial charge in [0, 0.05) is 16.1 Å². The van der Waals surface area contributed by atoms with E-state index >= 15 is 0 Å². The van der Waals surface area contributed by atoms with Crippen LogP contribution in [0.25, 0.3) is 10.6 Å². The first kappa shape index (κ1) is 19.8. The Labute approximate surface area is 170 Å². The molecule has 2 amide bonds. The molecule has 144 valence electrons. The van der Waals surface area contributed by atoms with Gasteiger partial charge in [0.15, 0.2) is 0 Å². The van der Waals surface area contributed by atoms with Crippen molar-refractivity contribution in [2.45, 2.75) is 13.0 Å². The molecular weight excluding hydrogens is 400 g/mol.